The Hall–Kier alpha value is -1.89. The van der Waals surface area contributed by atoms with Crippen LogP contribution in [0.4, 0.5) is 0 Å². The van der Waals surface area contributed by atoms with E-state index in [9.17, 15) is 0 Å². The normalized spacial score (nSPS) is 10.1. The minimum absolute atomic E-state index is 1.04. The zero-order chi connectivity index (χ0) is 11.5. The Morgan fingerprint density at radius 3 is 2.69 bits per heavy atom. The Balaban J connectivity index is 2.64. The minimum Gasteiger partial charge on any atom is -0.262 e. The molecule has 0 atom stereocenters. The molecule has 2 aromatic rings. The van der Waals surface area contributed by atoms with Crippen LogP contribution in [0, 0.1) is 13.8 Å². The third kappa shape index (κ3) is 1.89. The Bertz CT molecular complexity index is 527. The molecule has 0 amide bonds. The van der Waals surface area contributed by atoms with Crippen LogP contribution < -0.4 is 0 Å². The van der Waals surface area contributed by atoms with Crippen molar-refractivity contribution in [2.75, 3.05) is 0 Å². The van der Waals surface area contributed by atoms with Crippen molar-refractivity contribution in [2.24, 2.45) is 0 Å². The molecular weight excluding hydrogens is 194 g/mol. The lowest BCUT2D eigenvalue weighted by Gasteiger charge is -2.09. The van der Waals surface area contributed by atoms with Gasteiger partial charge in [-0.25, -0.2) is 0 Å². The van der Waals surface area contributed by atoms with E-state index in [-0.39, 0.29) is 0 Å². The highest BCUT2D eigenvalue weighted by molar-refractivity contribution is 5.76. The molecule has 2 rings (SSSR count). The Morgan fingerprint density at radius 2 is 2.00 bits per heavy atom. The Kier molecular flexibility index (Phi) is 2.86. The molecular formula is C15H15N. The molecule has 0 aliphatic carbocycles. The standard InChI is InChI=1S/C15H15N/c1-4-14-11(2)6-5-7-15(14)13-8-9-16-12(3)10-13/h4-10H,1H2,2-3H3. The monoisotopic (exact) mass is 209 g/mol. The lowest BCUT2D eigenvalue weighted by molar-refractivity contribution is 1.20. The molecule has 0 fully saturated rings. The van der Waals surface area contributed by atoms with E-state index in [0.29, 0.717) is 0 Å². The maximum absolute atomic E-state index is 4.22. The molecule has 80 valence electrons. The number of aryl methyl sites for hydroxylation is 2. The maximum Gasteiger partial charge on any atom is 0.0378 e. The second kappa shape index (κ2) is 4.31. The second-order valence-corrected chi connectivity index (χ2v) is 3.93. The fourth-order valence-corrected chi connectivity index (χ4v) is 1.92. The molecule has 1 heteroatoms. The van der Waals surface area contributed by atoms with Gasteiger partial charge in [-0.3, -0.25) is 4.98 Å². The summed E-state index contributed by atoms with van der Waals surface area (Å²) < 4.78 is 0. The van der Waals surface area contributed by atoms with Crippen molar-refractivity contribution in [1.82, 2.24) is 4.98 Å². The predicted molar refractivity (Wildman–Crippen MR) is 69.2 cm³/mol. The predicted octanol–water partition coefficient (Wildman–Crippen LogP) is 4.01. The first kappa shape index (κ1) is 10.6. The molecule has 0 radical (unpaired) electrons. The Morgan fingerprint density at radius 1 is 1.19 bits per heavy atom. The van der Waals surface area contributed by atoms with E-state index in [4.69, 9.17) is 0 Å². The van der Waals surface area contributed by atoms with Gasteiger partial charge in [-0.05, 0) is 48.2 Å². The second-order valence-electron chi connectivity index (χ2n) is 3.93. The van der Waals surface area contributed by atoms with Gasteiger partial charge in [0.1, 0.15) is 0 Å². The van der Waals surface area contributed by atoms with Crippen LogP contribution in [0.5, 0.6) is 0 Å². The van der Waals surface area contributed by atoms with Gasteiger partial charge in [0.25, 0.3) is 0 Å². The SMILES string of the molecule is C=Cc1c(C)cccc1-c1ccnc(C)c1. The molecule has 1 nitrogen and oxygen atoms in total. The van der Waals surface area contributed by atoms with Crippen LogP contribution >= 0.6 is 0 Å². The van der Waals surface area contributed by atoms with Gasteiger partial charge in [-0.15, -0.1) is 0 Å². The van der Waals surface area contributed by atoms with Crippen LogP contribution in [0.25, 0.3) is 17.2 Å². The first-order valence-corrected chi connectivity index (χ1v) is 5.37. The molecule has 16 heavy (non-hydrogen) atoms. The topological polar surface area (TPSA) is 12.9 Å². The Labute approximate surface area is 96.5 Å². The van der Waals surface area contributed by atoms with Gasteiger partial charge in [0.05, 0.1) is 0 Å². The van der Waals surface area contributed by atoms with Gasteiger partial charge in [-0.2, -0.15) is 0 Å². The van der Waals surface area contributed by atoms with Crippen LogP contribution in [-0.2, 0) is 0 Å². The summed E-state index contributed by atoms with van der Waals surface area (Å²) in [7, 11) is 0. The van der Waals surface area contributed by atoms with Crippen molar-refractivity contribution in [3.8, 4) is 11.1 Å². The number of hydrogen-bond donors (Lipinski definition) is 0. The quantitative estimate of drug-likeness (QED) is 0.728. The molecule has 0 aliphatic rings. The minimum atomic E-state index is 1.04. The average molecular weight is 209 g/mol. The molecule has 1 heterocycles. The van der Waals surface area contributed by atoms with E-state index in [0.717, 1.165) is 5.69 Å². The van der Waals surface area contributed by atoms with Crippen LogP contribution in [0.1, 0.15) is 16.8 Å². The van der Waals surface area contributed by atoms with Crippen molar-refractivity contribution in [3.63, 3.8) is 0 Å². The molecule has 1 aromatic heterocycles. The highest BCUT2D eigenvalue weighted by atomic mass is 14.6. The van der Waals surface area contributed by atoms with Gasteiger partial charge >= 0.3 is 0 Å². The van der Waals surface area contributed by atoms with E-state index in [1.54, 1.807) is 0 Å². The zero-order valence-electron chi connectivity index (χ0n) is 9.70. The highest BCUT2D eigenvalue weighted by Gasteiger charge is 2.04. The van der Waals surface area contributed by atoms with E-state index in [1.165, 1.54) is 22.3 Å². The van der Waals surface area contributed by atoms with Gasteiger partial charge in [0.15, 0.2) is 0 Å². The molecule has 0 spiro atoms. The summed E-state index contributed by atoms with van der Waals surface area (Å²) in [5.74, 6) is 0. The molecule has 0 N–H and O–H groups in total. The highest BCUT2D eigenvalue weighted by Crippen LogP contribution is 2.26. The van der Waals surface area contributed by atoms with Gasteiger partial charge in [-0.1, -0.05) is 30.9 Å². The van der Waals surface area contributed by atoms with E-state index in [1.807, 2.05) is 25.3 Å². The summed E-state index contributed by atoms with van der Waals surface area (Å²) in [6.45, 7) is 8.00. The zero-order valence-corrected chi connectivity index (χ0v) is 9.70. The third-order valence-corrected chi connectivity index (χ3v) is 2.74. The summed E-state index contributed by atoms with van der Waals surface area (Å²) >= 11 is 0. The van der Waals surface area contributed by atoms with Crippen LogP contribution in [0.2, 0.25) is 0 Å². The van der Waals surface area contributed by atoms with Crippen molar-refractivity contribution in [1.29, 1.82) is 0 Å². The van der Waals surface area contributed by atoms with Crippen LogP contribution in [-0.4, -0.2) is 4.98 Å². The summed E-state index contributed by atoms with van der Waals surface area (Å²) in [4.78, 5) is 4.22. The lowest BCUT2D eigenvalue weighted by atomic mass is 9.96. The maximum atomic E-state index is 4.22. The number of hydrogen-bond acceptors (Lipinski definition) is 1. The molecule has 0 unspecified atom stereocenters. The van der Waals surface area contributed by atoms with E-state index >= 15 is 0 Å². The molecule has 0 saturated heterocycles. The number of pyridine rings is 1. The third-order valence-electron chi connectivity index (χ3n) is 2.74. The fraction of sp³-hybridized carbons (Fsp3) is 0.133. The van der Waals surface area contributed by atoms with Crippen molar-refractivity contribution < 1.29 is 0 Å². The van der Waals surface area contributed by atoms with Crippen molar-refractivity contribution in [2.45, 2.75) is 13.8 Å². The van der Waals surface area contributed by atoms with Crippen molar-refractivity contribution >= 4 is 6.08 Å². The number of nitrogens with zero attached hydrogens (tertiary/aromatic N) is 1. The van der Waals surface area contributed by atoms with Gasteiger partial charge in [0.2, 0.25) is 0 Å². The van der Waals surface area contributed by atoms with Crippen LogP contribution in [0.15, 0.2) is 43.1 Å². The fourth-order valence-electron chi connectivity index (χ4n) is 1.92. The summed E-state index contributed by atoms with van der Waals surface area (Å²) in [6.07, 6.45) is 3.76. The van der Waals surface area contributed by atoms with Gasteiger partial charge in [0, 0.05) is 11.9 Å². The molecule has 0 saturated carbocycles. The summed E-state index contributed by atoms with van der Waals surface area (Å²) in [5.41, 5.74) is 5.91. The largest absolute Gasteiger partial charge is 0.262 e. The first-order valence-electron chi connectivity index (χ1n) is 5.37. The van der Waals surface area contributed by atoms with Crippen LogP contribution in [0.3, 0.4) is 0 Å². The smallest absolute Gasteiger partial charge is 0.0378 e. The molecule has 0 aliphatic heterocycles. The van der Waals surface area contributed by atoms with Crippen molar-refractivity contribution in [3.05, 3.63) is 59.9 Å². The molecule has 0 bridgehead atoms. The van der Waals surface area contributed by atoms with E-state index < -0.39 is 0 Å². The average Bonchev–Trinajstić information content (AvgIpc) is 2.28. The number of benzene rings is 1. The lowest BCUT2D eigenvalue weighted by Crippen LogP contribution is -1.88. The van der Waals surface area contributed by atoms with Gasteiger partial charge < -0.3 is 0 Å². The summed E-state index contributed by atoms with van der Waals surface area (Å²) in [6, 6.07) is 10.4. The molecule has 1 aromatic carbocycles. The first-order chi connectivity index (χ1) is 7.72. The van der Waals surface area contributed by atoms with E-state index in [2.05, 4.69) is 42.8 Å². The number of aromatic nitrogens is 1. The number of rotatable bonds is 2. The summed E-state index contributed by atoms with van der Waals surface area (Å²) in [5, 5.41) is 0.